The molecule has 0 atom stereocenters. The van der Waals surface area contributed by atoms with Gasteiger partial charge in [-0.2, -0.15) is 0 Å². The quantitative estimate of drug-likeness (QED) is 0.586. The van der Waals surface area contributed by atoms with Gasteiger partial charge >= 0.3 is 6.36 Å². The third kappa shape index (κ3) is 3.51. The van der Waals surface area contributed by atoms with Crippen LogP contribution in [0.1, 0.15) is 5.56 Å². The standard InChI is InChI=1S/C15H8F4O/c1-2-10-7-12(9-13(16)8-10)11-3-5-14(6-4-11)20-15(17,18)19/h1,3-9H. The van der Waals surface area contributed by atoms with Crippen LogP contribution in [0.25, 0.3) is 11.1 Å². The molecule has 102 valence electrons. The molecule has 0 aliphatic heterocycles. The first-order valence-corrected chi connectivity index (χ1v) is 5.51. The molecule has 0 unspecified atom stereocenters. The maximum Gasteiger partial charge on any atom is 0.573 e. The Bertz CT molecular complexity index is 651. The van der Waals surface area contributed by atoms with E-state index in [1.165, 1.54) is 24.3 Å². The summed E-state index contributed by atoms with van der Waals surface area (Å²) < 4.78 is 53.2. The van der Waals surface area contributed by atoms with Gasteiger partial charge in [-0.05, 0) is 41.5 Å². The second kappa shape index (κ2) is 5.25. The van der Waals surface area contributed by atoms with E-state index < -0.39 is 12.2 Å². The smallest absolute Gasteiger partial charge is 0.406 e. The molecule has 2 rings (SSSR count). The lowest BCUT2D eigenvalue weighted by Gasteiger charge is -2.09. The van der Waals surface area contributed by atoms with E-state index in [1.807, 2.05) is 0 Å². The molecule has 0 heterocycles. The minimum atomic E-state index is -4.74. The van der Waals surface area contributed by atoms with E-state index in [4.69, 9.17) is 6.42 Å². The molecule has 0 N–H and O–H groups in total. The first-order chi connectivity index (χ1) is 9.37. The molecule has 0 aliphatic rings. The van der Waals surface area contributed by atoms with Gasteiger partial charge in [-0.15, -0.1) is 19.6 Å². The lowest BCUT2D eigenvalue weighted by atomic mass is 10.0. The molecule has 0 fully saturated rings. The Kier molecular flexibility index (Phi) is 3.66. The van der Waals surface area contributed by atoms with E-state index in [0.717, 1.165) is 12.1 Å². The molecule has 0 aromatic heterocycles. The topological polar surface area (TPSA) is 9.23 Å². The Morgan fingerprint density at radius 2 is 1.60 bits per heavy atom. The fourth-order valence-electron chi connectivity index (χ4n) is 1.69. The number of hydrogen-bond acceptors (Lipinski definition) is 1. The summed E-state index contributed by atoms with van der Waals surface area (Å²) in [6.45, 7) is 0. The Balaban J connectivity index is 2.31. The van der Waals surface area contributed by atoms with E-state index in [1.54, 1.807) is 6.07 Å². The van der Waals surface area contributed by atoms with Crippen molar-refractivity contribution in [1.82, 2.24) is 0 Å². The molecule has 0 radical (unpaired) electrons. The number of rotatable bonds is 2. The highest BCUT2D eigenvalue weighted by Gasteiger charge is 2.30. The lowest BCUT2D eigenvalue weighted by Crippen LogP contribution is -2.16. The maximum atomic E-state index is 13.3. The van der Waals surface area contributed by atoms with Crippen LogP contribution < -0.4 is 4.74 Å². The van der Waals surface area contributed by atoms with E-state index in [2.05, 4.69) is 10.7 Å². The highest BCUT2D eigenvalue weighted by molar-refractivity contribution is 5.66. The number of terminal acetylenes is 1. The lowest BCUT2D eigenvalue weighted by molar-refractivity contribution is -0.274. The number of hydrogen-bond donors (Lipinski definition) is 0. The molecule has 5 heteroatoms. The van der Waals surface area contributed by atoms with Crippen LogP contribution in [-0.4, -0.2) is 6.36 Å². The normalized spacial score (nSPS) is 10.9. The van der Waals surface area contributed by atoms with E-state index in [-0.39, 0.29) is 5.75 Å². The van der Waals surface area contributed by atoms with Gasteiger partial charge in [0.25, 0.3) is 0 Å². The largest absolute Gasteiger partial charge is 0.573 e. The second-order valence-electron chi connectivity index (χ2n) is 3.95. The van der Waals surface area contributed by atoms with Gasteiger partial charge in [0.15, 0.2) is 0 Å². The SMILES string of the molecule is C#Cc1cc(F)cc(-c2ccc(OC(F)(F)F)cc2)c1. The van der Waals surface area contributed by atoms with E-state index in [9.17, 15) is 17.6 Å². The maximum absolute atomic E-state index is 13.3. The van der Waals surface area contributed by atoms with Gasteiger partial charge in [0.05, 0.1) is 0 Å². The molecule has 0 bridgehead atoms. The number of benzene rings is 2. The zero-order chi connectivity index (χ0) is 14.8. The summed E-state index contributed by atoms with van der Waals surface area (Å²) in [6.07, 6.45) is 0.458. The van der Waals surface area contributed by atoms with Crippen molar-refractivity contribution in [1.29, 1.82) is 0 Å². The minimum Gasteiger partial charge on any atom is -0.406 e. The van der Waals surface area contributed by atoms with Gasteiger partial charge < -0.3 is 4.74 Å². The molecule has 0 saturated heterocycles. The minimum absolute atomic E-state index is 0.338. The zero-order valence-corrected chi connectivity index (χ0v) is 10.0. The van der Waals surface area contributed by atoms with Crippen molar-refractivity contribution in [3.63, 3.8) is 0 Å². The van der Waals surface area contributed by atoms with Crippen LogP contribution in [0.4, 0.5) is 17.6 Å². The molecule has 0 aliphatic carbocycles. The summed E-state index contributed by atoms with van der Waals surface area (Å²) in [4.78, 5) is 0. The Morgan fingerprint density at radius 3 is 2.15 bits per heavy atom. The Labute approximate surface area is 112 Å². The van der Waals surface area contributed by atoms with Gasteiger partial charge in [-0.25, -0.2) is 4.39 Å². The summed E-state index contributed by atoms with van der Waals surface area (Å²) in [5.74, 6) is 1.46. The van der Waals surface area contributed by atoms with Crippen LogP contribution in [0, 0.1) is 18.2 Å². The first kappa shape index (κ1) is 13.9. The highest BCUT2D eigenvalue weighted by Crippen LogP contribution is 2.27. The van der Waals surface area contributed by atoms with Crippen molar-refractivity contribution in [2.24, 2.45) is 0 Å². The van der Waals surface area contributed by atoms with Crippen LogP contribution in [0.5, 0.6) is 5.75 Å². The summed E-state index contributed by atoms with van der Waals surface area (Å²) in [5.41, 5.74) is 1.38. The van der Waals surface area contributed by atoms with Gasteiger partial charge in [0, 0.05) is 5.56 Å². The van der Waals surface area contributed by atoms with Crippen LogP contribution in [0.15, 0.2) is 42.5 Å². The molecule has 0 saturated carbocycles. The summed E-state index contributed by atoms with van der Waals surface area (Å²) in [5, 5.41) is 0. The Hall–Kier alpha value is -2.48. The fourth-order valence-corrected chi connectivity index (χ4v) is 1.69. The first-order valence-electron chi connectivity index (χ1n) is 5.51. The predicted molar refractivity (Wildman–Crippen MR) is 66.5 cm³/mol. The van der Waals surface area contributed by atoms with Crippen LogP contribution >= 0.6 is 0 Å². The average molecular weight is 280 g/mol. The zero-order valence-electron chi connectivity index (χ0n) is 10.0. The van der Waals surface area contributed by atoms with Crippen LogP contribution in [-0.2, 0) is 0 Å². The molecule has 2 aromatic carbocycles. The molecule has 1 nitrogen and oxygen atoms in total. The molecule has 20 heavy (non-hydrogen) atoms. The van der Waals surface area contributed by atoms with Gasteiger partial charge in [0.2, 0.25) is 0 Å². The van der Waals surface area contributed by atoms with E-state index in [0.29, 0.717) is 16.7 Å². The number of alkyl halides is 3. The van der Waals surface area contributed by atoms with Crippen molar-refractivity contribution in [3.8, 4) is 29.2 Å². The summed E-state index contributed by atoms with van der Waals surface area (Å²) in [7, 11) is 0. The van der Waals surface area contributed by atoms with Crippen molar-refractivity contribution in [2.75, 3.05) is 0 Å². The summed E-state index contributed by atoms with van der Waals surface area (Å²) >= 11 is 0. The Morgan fingerprint density at radius 1 is 0.950 bits per heavy atom. The summed E-state index contributed by atoms with van der Waals surface area (Å²) in [6, 6.07) is 9.13. The molecule has 0 amide bonds. The molecular weight excluding hydrogens is 272 g/mol. The van der Waals surface area contributed by atoms with Crippen molar-refractivity contribution in [2.45, 2.75) is 6.36 Å². The molecular formula is C15H8F4O. The third-order valence-corrected chi connectivity index (χ3v) is 2.49. The highest BCUT2D eigenvalue weighted by atomic mass is 19.4. The number of halogens is 4. The third-order valence-electron chi connectivity index (χ3n) is 2.49. The van der Waals surface area contributed by atoms with Crippen LogP contribution in [0.3, 0.4) is 0 Å². The molecule has 2 aromatic rings. The average Bonchev–Trinajstić information content (AvgIpc) is 2.37. The second-order valence-corrected chi connectivity index (χ2v) is 3.95. The van der Waals surface area contributed by atoms with Gasteiger partial charge in [0.1, 0.15) is 11.6 Å². The van der Waals surface area contributed by atoms with Crippen molar-refractivity contribution < 1.29 is 22.3 Å². The van der Waals surface area contributed by atoms with Crippen molar-refractivity contribution >= 4 is 0 Å². The van der Waals surface area contributed by atoms with Gasteiger partial charge in [-0.1, -0.05) is 18.1 Å². The predicted octanol–water partition coefficient (Wildman–Crippen LogP) is 4.37. The number of ether oxygens (including phenoxy) is 1. The van der Waals surface area contributed by atoms with Crippen LogP contribution in [0.2, 0.25) is 0 Å². The monoisotopic (exact) mass is 280 g/mol. The van der Waals surface area contributed by atoms with Crippen molar-refractivity contribution in [3.05, 3.63) is 53.8 Å². The van der Waals surface area contributed by atoms with E-state index >= 15 is 0 Å². The fraction of sp³-hybridized carbons (Fsp3) is 0.0667. The van der Waals surface area contributed by atoms with Gasteiger partial charge in [-0.3, -0.25) is 0 Å². The molecule has 0 spiro atoms.